The highest BCUT2D eigenvalue weighted by Gasteiger charge is 2.28. The molecule has 1 unspecified atom stereocenters. The summed E-state index contributed by atoms with van der Waals surface area (Å²) in [5.74, 6) is 0.640. The van der Waals surface area contributed by atoms with Gasteiger partial charge in [-0.1, -0.05) is 30.6 Å². The third-order valence-corrected chi connectivity index (χ3v) is 6.77. The van der Waals surface area contributed by atoms with E-state index in [-0.39, 0.29) is 17.6 Å². The third-order valence-electron chi connectivity index (χ3n) is 5.69. The highest BCUT2D eigenvalue weighted by atomic mass is 32.1. The second kappa shape index (κ2) is 7.91. The van der Waals surface area contributed by atoms with Crippen molar-refractivity contribution < 1.29 is 9.18 Å². The van der Waals surface area contributed by atoms with E-state index < -0.39 is 0 Å². The molecule has 1 saturated carbocycles. The van der Waals surface area contributed by atoms with Crippen LogP contribution in [0, 0.1) is 17.7 Å². The summed E-state index contributed by atoms with van der Waals surface area (Å²) in [6.45, 7) is 2.45. The lowest BCUT2D eigenvalue weighted by molar-refractivity contribution is -0.125. The summed E-state index contributed by atoms with van der Waals surface area (Å²) < 4.78 is 14.3. The molecular formula is C20H26FN3OS. The monoisotopic (exact) mass is 375 g/mol. The van der Waals surface area contributed by atoms with Gasteiger partial charge in [0.2, 0.25) is 5.91 Å². The van der Waals surface area contributed by atoms with Gasteiger partial charge in [-0.25, -0.2) is 9.37 Å². The Hall–Kier alpha value is -1.69. The molecule has 1 atom stereocenters. The average molecular weight is 376 g/mol. The van der Waals surface area contributed by atoms with Crippen LogP contribution >= 0.6 is 11.3 Å². The van der Waals surface area contributed by atoms with Crippen LogP contribution in [0.4, 0.5) is 9.52 Å². The van der Waals surface area contributed by atoms with Gasteiger partial charge in [0.15, 0.2) is 5.13 Å². The van der Waals surface area contributed by atoms with Crippen molar-refractivity contribution in [1.82, 2.24) is 10.3 Å². The van der Waals surface area contributed by atoms with Crippen LogP contribution in [0.3, 0.4) is 0 Å². The quantitative estimate of drug-likeness (QED) is 0.864. The van der Waals surface area contributed by atoms with E-state index in [9.17, 15) is 9.18 Å². The minimum Gasteiger partial charge on any atom is -0.356 e. The molecule has 1 aliphatic heterocycles. The molecule has 1 aromatic carbocycles. The fraction of sp³-hybridized carbons (Fsp3) is 0.600. The van der Waals surface area contributed by atoms with Crippen molar-refractivity contribution in [1.29, 1.82) is 0 Å². The van der Waals surface area contributed by atoms with E-state index in [1.54, 1.807) is 6.07 Å². The highest BCUT2D eigenvalue weighted by Crippen LogP contribution is 2.32. The summed E-state index contributed by atoms with van der Waals surface area (Å²) in [6.07, 6.45) is 8.37. The van der Waals surface area contributed by atoms with Crippen LogP contribution < -0.4 is 10.2 Å². The van der Waals surface area contributed by atoms with Crippen LogP contribution in [0.1, 0.15) is 44.9 Å². The summed E-state index contributed by atoms with van der Waals surface area (Å²) in [5, 5.41) is 4.09. The van der Waals surface area contributed by atoms with Gasteiger partial charge < -0.3 is 10.2 Å². The SMILES string of the molecule is O=C(NCC1CCCCC1)C1CCCN(c2nc3ccc(F)cc3s2)C1. The maximum absolute atomic E-state index is 13.4. The first kappa shape index (κ1) is 17.7. The Bertz CT molecular complexity index is 772. The van der Waals surface area contributed by atoms with Crippen LogP contribution in [-0.4, -0.2) is 30.5 Å². The van der Waals surface area contributed by atoms with Crippen molar-refractivity contribution in [3.63, 3.8) is 0 Å². The van der Waals surface area contributed by atoms with E-state index in [4.69, 9.17) is 0 Å². The van der Waals surface area contributed by atoms with E-state index in [0.29, 0.717) is 12.5 Å². The Morgan fingerprint density at radius 1 is 1.23 bits per heavy atom. The van der Waals surface area contributed by atoms with Gasteiger partial charge in [-0.15, -0.1) is 0 Å². The molecule has 1 aromatic heterocycles. The molecule has 2 heterocycles. The van der Waals surface area contributed by atoms with Gasteiger partial charge in [0.1, 0.15) is 5.82 Å². The second-order valence-corrected chi connectivity index (χ2v) is 8.65. The number of hydrogen-bond acceptors (Lipinski definition) is 4. The van der Waals surface area contributed by atoms with Gasteiger partial charge in [-0.05, 0) is 49.8 Å². The molecule has 4 nitrogen and oxygen atoms in total. The number of anilines is 1. The van der Waals surface area contributed by atoms with E-state index >= 15 is 0 Å². The molecule has 140 valence electrons. The summed E-state index contributed by atoms with van der Waals surface area (Å²) in [6, 6.07) is 4.71. The number of fused-ring (bicyclic) bond motifs is 1. The molecule has 4 rings (SSSR count). The first-order valence-corrected chi connectivity index (χ1v) is 10.6. The Morgan fingerprint density at radius 3 is 2.92 bits per heavy atom. The van der Waals surface area contributed by atoms with Crippen molar-refractivity contribution in [3.8, 4) is 0 Å². The summed E-state index contributed by atoms with van der Waals surface area (Å²) in [7, 11) is 0. The Balaban J connectivity index is 1.37. The topological polar surface area (TPSA) is 45.2 Å². The lowest BCUT2D eigenvalue weighted by Crippen LogP contribution is -2.44. The molecular weight excluding hydrogens is 349 g/mol. The minimum atomic E-state index is -0.230. The van der Waals surface area contributed by atoms with Crippen LogP contribution in [0.5, 0.6) is 0 Å². The fourth-order valence-corrected chi connectivity index (χ4v) is 5.19. The van der Waals surface area contributed by atoms with Gasteiger partial charge in [-0.2, -0.15) is 0 Å². The molecule has 2 fully saturated rings. The molecule has 2 aromatic rings. The summed E-state index contributed by atoms with van der Waals surface area (Å²) in [5.41, 5.74) is 0.829. The maximum atomic E-state index is 13.4. The second-order valence-electron chi connectivity index (χ2n) is 7.64. The number of aromatic nitrogens is 1. The normalized spacial score (nSPS) is 21.9. The fourth-order valence-electron chi connectivity index (χ4n) is 4.17. The molecule has 1 aliphatic carbocycles. The lowest BCUT2D eigenvalue weighted by atomic mass is 9.89. The first-order valence-electron chi connectivity index (χ1n) is 9.78. The number of carbonyl (C=O) groups is 1. The maximum Gasteiger partial charge on any atom is 0.224 e. The highest BCUT2D eigenvalue weighted by molar-refractivity contribution is 7.22. The lowest BCUT2D eigenvalue weighted by Gasteiger charge is -2.32. The molecule has 6 heteroatoms. The molecule has 0 spiro atoms. The first-order chi connectivity index (χ1) is 12.7. The summed E-state index contributed by atoms with van der Waals surface area (Å²) >= 11 is 1.51. The molecule has 26 heavy (non-hydrogen) atoms. The molecule has 0 radical (unpaired) electrons. The average Bonchev–Trinajstić information content (AvgIpc) is 3.10. The number of rotatable bonds is 4. The van der Waals surface area contributed by atoms with Crippen molar-refractivity contribution in [2.24, 2.45) is 11.8 Å². The number of thiazole rings is 1. The van der Waals surface area contributed by atoms with Crippen LogP contribution in [0.2, 0.25) is 0 Å². The van der Waals surface area contributed by atoms with Crippen molar-refractivity contribution >= 4 is 32.6 Å². The number of hydrogen-bond donors (Lipinski definition) is 1. The summed E-state index contributed by atoms with van der Waals surface area (Å²) in [4.78, 5) is 19.5. The molecule has 0 bridgehead atoms. The predicted octanol–water partition coefficient (Wildman–Crippen LogP) is 4.35. The zero-order valence-corrected chi connectivity index (χ0v) is 15.9. The Morgan fingerprint density at radius 2 is 2.08 bits per heavy atom. The van der Waals surface area contributed by atoms with Crippen LogP contribution in [0.15, 0.2) is 18.2 Å². The molecule has 2 aliphatic rings. The number of halogens is 1. The van der Waals surface area contributed by atoms with E-state index in [0.717, 1.165) is 41.3 Å². The van der Waals surface area contributed by atoms with Crippen molar-refractivity contribution in [3.05, 3.63) is 24.0 Å². The number of nitrogens with one attached hydrogen (secondary N) is 1. The van der Waals surface area contributed by atoms with Gasteiger partial charge in [0.25, 0.3) is 0 Å². The minimum absolute atomic E-state index is 0.0242. The largest absolute Gasteiger partial charge is 0.356 e. The third kappa shape index (κ3) is 4.00. The van der Waals surface area contributed by atoms with Crippen LogP contribution in [-0.2, 0) is 4.79 Å². The smallest absolute Gasteiger partial charge is 0.224 e. The number of carbonyl (C=O) groups excluding carboxylic acids is 1. The van der Waals surface area contributed by atoms with Crippen molar-refractivity contribution in [2.45, 2.75) is 44.9 Å². The molecule has 1 N–H and O–H groups in total. The predicted molar refractivity (Wildman–Crippen MR) is 104 cm³/mol. The zero-order valence-electron chi connectivity index (χ0n) is 15.0. The van der Waals surface area contributed by atoms with Crippen LogP contribution in [0.25, 0.3) is 10.2 Å². The standard InChI is InChI=1S/C20H26FN3OS/c21-16-8-9-17-18(11-16)26-20(23-17)24-10-4-7-15(13-24)19(25)22-12-14-5-2-1-3-6-14/h8-9,11,14-15H,1-7,10,12-13H2,(H,22,25). The van der Waals surface area contributed by atoms with E-state index in [1.165, 1.54) is 55.6 Å². The number of nitrogens with zero attached hydrogens (tertiary/aromatic N) is 2. The zero-order chi connectivity index (χ0) is 17.9. The molecule has 1 amide bonds. The van der Waals surface area contributed by atoms with E-state index in [1.807, 2.05) is 0 Å². The molecule has 1 saturated heterocycles. The van der Waals surface area contributed by atoms with Gasteiger partial charge in [0.05, 0.1) is 16.1 Å². The van der Waals surface area contributed by atoms with Crippen molar-refractivity contribution in [2.75, 3.05) is 24.5 Å². The number of amides is 1. The number of benzene rings is 1. The van der Waals surface area contributed by atoms with E-state index in [2.05, 4.69) is 15.2 Å². The number of piperidine rings is 1. The van der Waals surface area contributed by atoms with Gasteiger partial charge in [-0.3, -0.25) is 4.79 Å². The van der Waals surface area contributed by atoms with Gasteiger partial charge in [0, 0.05) is 19.6 Å². The van der Waals surface area contributed by atoms with Gasteiger partial charge >= 0.3 is 0 Å². The Labute approximate surface area is 157 Å². The Kier molecular flexibility index (Phi) is 5.38.